The molecule has 0 atom stereocenters. The van der Waals surface area contributed by atoms with E-state index in [-0.39, 0.29) is 0 Å². The Bertz CT molecular complexity index is 395. The summed E-state index contributed by atoms with van der Waals surface area (Å²) in [4.78, 5) is 0. The van der Waals surface area contributed by atoms with Gasteiger partial charge in [-0.05, 0) is 55.5 Å². The summed E-state index contributed by atoms with van der Waals surface area (Å²) in [5, 5.41) is 8.03. The minimum atomic E-state index is 0.497. The molecule has 0 amide bonds. The molecule has 20 heavy (non-hydrogen) atoms. The molecule has 1 N–H and O–H groups in total. The average molecular weight is 277 g/mol. The third-order valence-corrected chi connectivity index (χ3v) is 4.83. The highest BCUT2D eigenvalue weighted by Crippen LogP contribution is 2.39. The molecule has 1 saturated carbocycles. The molecule has 1 aromatic heterocycles. The van der Waals surface area contributed by atoms with Crippen molar-refractivity contribution in [2.24, 2.45) is 24.3 Å². The molecule has 0 radical (unpaired) electrons. The first kappa shape index (κ1) is 15.6. The largest absolute Gasteiger partial charge is 0.316 e. The second-order valence-electron chi connectivity index (χ2n) is 7.52. The number of aryl methyl sites for hydroxylation is 1. The Morgan fingerprint density at radius 2 is 1.95 bits per heavy atom. The Morgan fingerprint density at radius 1 is 1.25 bits per heavy atom. The van der Waals surface area contributed by atoms with Crippen LogP contribution in [0.25, 0.3) is 0 Å². The fourth-order valence-electron chi connectivity index (χ4n) is 3.35. The van der Waals surface area contributed by atoms with Crippen LogP contribution < -0.4 is 5.32 Å². The van der Waals surface area contributed by atoms with E-state index in [2.05, 4.69) is 37.3 Å². The van der Waals surface area contributed by atoms with Crippen molar-refractivity contribution in [3.63, 3.8) is 0 Å². The van der Waals surface area contributed by atoms with Crippen molar-refractivity contribution in [3.8, 4) is 0 Å². The predicted molar refractivity (Wildman–Crippen MR) is 84.7 cm³/mol. The van der Waals surface area contributed by atoms with Gasteiger partial charge in [0.15, 0.2) is 0 Å². The van der Waals surface area contributed by atoms with Crippen LogP contribution in [0, 0.1) is 17.3 Å². The Kier molecular flexibility index (Phi) is 5.25. The standard InChI is InChI=1S/C17H31N3/c1-17(2,3)15-7-5-14(6-8-15)13-18-11-9-16-10-12-20(4)19-16/h10,12,14-15,18H,5-9,11,13H2,1-4H3. The van der Waals surface area contributed by atoms with Gasteiger partial charge in [-0.2, -0.15) is 5.10 Å². The molecule has 0 unspecified atom stereocenters. The van der Waals surface area contributed by atoms with Crippen LogP contribution in [0.3, 0.4) is 0 Å². The molecule has 0 bridgehead atoms. The van der Waals surface area contributed by atoms with Crippen LogP contribution in [0.1, 0.15) is 52.1 Å². The van der Waals surface area contributed by atoms with Gasteiger partial charge < -0.3 is 5.32 Å². The summed E-state index contributed by atoms with van der Waals surface area (Å²) in [6.45, 7) is 9.41. The number of hydrogen-bond donors (Lipinski definition) is 1. The molecule has 1 aliphatic carbocycles. The lowest BCUT2D eigenvalue weighted by Crippen LogP contribution is -2.31. The molecule has 114 valence electrons. The van der Waals surface area contributed by atoms with Crippen molar-refractivity contribution in [1.82, 2.24) is 15.1 Å². The second-order valence-corrected chi connectivity index (χ2v) is 7.52. The molecule has 0 spiro atoms. The number of rotatable bonds is 5. The van der Waals surface area contributed by atoms with E-state index in [1.807, 2.05) is 17.9 Å². The summed E-state index contributed by atoms with van der Waals surface area (Å²) >= 11 is 0. The molecule has 1 fully saturated rings. The Balaban J connectivity index is 1.59. The molecule has 2 rings (SSSR count). The fraction of sp³-hybridized carbons (Fsp3) is 0.824. The van der Waals surface area contributed by atoms with Gasteiger partial charge in [-0.3, -0.25) is 4.68 Å². The number of nitrogens with zero attached hydrogens (tertiary/aromatic N) is 2. The summed E-state index contributed by atoms with van der Waals surface area (Å²) in [5.41, 5.74) is 1.69. The van der Waals surface area contributed by atoms with Crippen LogP contribution in [0.5, 0.6) is 0 Å². The van der Waals surface area contributed by atoms with Crippen molar-refractivity contribution < 1.29 is 0 Å². The second kappa shape index (κ2) is 6.75. The van der Waals surface area contributed by atoms with Gasteiger partial charge in [0, 0.05) is 26.2 Å². The molecule has 0 aliphatic heterocycles. The van der Waals surface area contributed by atoms with Crippen molar-refractivity contribution >= 4 is 0 Å². The molecule has 1 aliphatic rings. The molecule has 1 heterocycles. The number of nitrogens with one attached hydrogen (secondary N) is 1. The Hall–Kier alpha value is -0.830. The summed E-state index contributed by atoms with van der Waals surface area (Å²) in [7, 11) is 1.98. The molecular formula is C17H31N3. The van der Waals surface area contributed by atoms with Gasteiger partial charge in [0.25, 0.3) is 0 Å². The van der Waals surface area contributed by atoms with Gasteiger partial charge in [-0.25, -0.2) is 0 Å². The maximum atomic E-state index is 4.41. The third-order valence-electron chi connectivity index (χ3n) is 4.83. The molecule has 0 aromatic carbocycles. The van der Waals surface area contributed by atoms with Crippen LogP contribution in [-0.2, 0) is 13.5 Å². The van der Waals surface area contributed by atoms with E-state index < -0.39 is 0 Å². The third kappa shape index (κ3) is 4.62. The van der Waals surface area contributed by atoms with Crippen LogP contribution >= 0.6 is 0 Å². The van der Waals surface area contributed by atoms with Crippen molar-refractivity contribution in [1.29, 1.82) is 0 Å². The summed E-state index contributed by atoms with van der Waals surface area (Å²) in [5.74, 6) is 1.81. The van der Waals surface area contributed by atoms with Crippen LogP contribution in [0.4, 0.5) is 0 Å². The minimum Gasteiger partial charge on any atom is -0.316 e. The normalized spacial score (nSPS) is 24.0. The predicted octanol–water partition coefficient (Wildman–Crippen LogP) is 3.40. The molecule has 3 heteroatoms. The smallest absolute Gasteiger partial charge is 0.0637 e. The highest BCUT2D eigenvalue weighted by Gasteiger charge is 2.29. The van der Waals surface area contributed by atoms with Gasteiger partial charge in [0.2, 0.25) is 0 Å². The monoisotopic (exact) mass is 277 g/mol. The lowest BCUT2D eigenvalue weighted by Gasteiger charge is -2.37. The topological polar surface area (TPSA) is 29.9 Å². The van der Waals surface area contributed by atoms with Crippen molar-refractivity contribution in [3.05, 3.63) is 18.0 Å². The molecular weight excluding hydrogens is 246 g/mol. The first-order chi connectivity index (χ1) is 9.45. The average Bonchev–Trinajstić information content (AvgIpc) is 2.80. The Labute approximate surface area is 124 Å². The molecule has 3 nitrogen and oxygen atoms in total. The van der Waals surface area contributed by atoms with Gasteiger partial charge >= 0.3 is 0 Å². The highest BCUT2D eigenvalue weighted by molar-refractivity contribution is 4.98. The Morgan fingerprint density at radius 3 is 2.50 bits per heavy atom. The van der Waals surface area contributed by atoms with Gasteiger partial charge in [-0.1, -0.05) is 20.8 Å². The van der Waals surface area contributed by atoms with E-state index in [1.54, 1.807) is 0 Å². The first-order valence-electron chi connectivity index (χ1n) is 8.14. The first-order valence-corrected chi connectivity index (χ1v) is 8.14. The SMILES string of the molecule is Cn1ccc(CCNCC2CCC(C(C)(C)C)CC2)n1. The van der Waals surface area contributed by atoms with Gasteiger partial charge in [-0.15, -0.1) is 0 Å². The lowest BCUT2D eigenvalue weighted by molar-refractivity contribution is 0.149. The van der Waals surface area contributed by atoms with Crippen LogP contribution in [-0.4, -0.2) is 22.9 Å². The van der Waals surface area contributed by atoms with E-state index in [4.69, 9.17) is 0 Å². The fourth-order valence-corrected chi connectivity index (χ4v) is 3.35. The van der Waals surface area contributed by atoms with Crippen LogP contribution in [0.15, 0.2) is 12.3 Å². The van der Waals surface area contributed by atoms with E-state index in [9.17, 15) is 0 Å². The maximum absolute atomic E-state index is 4.41. The quantitative estimate of drug-likeness (QED) is 0.836. The summed E-state index contributed by atoms with van der Waals surface area (Å²) < 4.78 is 1.88. The van der Waals surface area contributed by atoms with E-state index in [0.29, 0.717) is 5.41 Å². The molecule has 1 aromatic rings. The highest BCUT2D eigenvalue weighted by atomic mass is 15.2. The summed E-state index contributed by atoms with van der Waals surface area (Å²) in [6.07, 6.45) is 8.69. The zero-order chi connectivity index (χ0) is 14.6. The zero-order valence-electron chi connectivity index (χ0n) is 13.7. The number of aromatic nitrogens is 2. The minimum absolute atomic E-state index is 0.497. The lowest BCUT2D eigenvalue weighted by atomic mass is 9.70. The summed E-state index contributed by atoms with van der Waals surface area (Å²) in [6, 6.07) is 2.11. The van der Waals surface area contributed by atoms with Gasteiger partial charge in [0.05, 0.1) is 5.69 Å². The van der Waals surface area contributed by atoms with Crippen LogP contribution in [0.2, 0.25) is 0 Å². The van der Waals surface area contributed by atoms with E-state index in [0.717, 1.165) is 24.8 Å². The van der Waals surface area contributed by atoms with Crippen molar-refractivity contribution in [2.45, 2.75) is 52.9 Å². The van der Waals surface area contributed by atoms with E-state index >= 15 is 0 Å². The van der Waals surface area contributed by atoms with E-state index in [1.165, 1.54) is 37.9 Å². The van der Waals surface area contributed by atoms with Crippen molar-refractivity contribution in [2.75, 3.05) is 13.1 Å². The van der Waals surface area contributed by atoms with Gasteiger partial charge in [0.1, 0.15) is 0 Å². The number of hydrogen-bond acceptors (Lipinski definition) is 2. The molecule has 0 saturated heterocycles. The maximum Gasteiger partial charge on any atom is 0.0637 e. The zero-order valence-corrected chi connectivity index (χ0v) is 13.7.